The molecule has 0 saturated carbocycles. The maximum Gasteiger partial charge on any atom is 0.326 e. The van der Waals surface area contributed by atoms with Crippen molar-refractivity contribution in [3.05, 3.63) is 89.5 Å². The highest BCUT2D eigenvalue weighted by Crippen LogP contribution is 2.38. The predicted octanol–water partition coefficient (Wildman–Crippen LogP) is 6.54. The lowest BCUT2D eigenvalue weighted by Crippen LogP contribution is -2.41. The molecule has 226 valence electrons. The Hall–Kier alpha value is -4.61. The van der Waals surface area contributed by atoms with Crippen LogP contribution in [-0.2, 0) is 0 Å². The molecule has 0 unspecified atom stereocenters. The minimum atomic E-state index is -0.896. The number of carbonyl (C=O) groups excluding carboxylic acids is 1. The number of hydroxylamine groups is 1. The Labute approximate surface area is 249 Å². The molecular formula is C32H35FN5O5-. The van der Waals surface area contributed by atoms with Gasteiger partial charge in [0.25, 0.3) is 0 Å². The molecule has 0 radical (unpaired) electrons. The smallest absolute Gasteiger partial charge is 0.326 e. The van der Waals surface area contributed by atoms with E-state index < -0.39 is 11.8 Å². The van der Waals surface area contributed by atoms with Crippen molar-refractivity contribution in [1.29, 1.82) is 0 Å². The fourth-order valence-electron chi connectivity index (χ4n) is 5.00. The number of nitrogens with zero attached hydrogens (tertiary/aromatic N) is 2. The van der Waals surface area contributed by atoms with E-state index in [9.17, 15) is 10.0 Å². The number of fused-ring (bicyclic) bond motifs is 1. The van der Waals surface area contributed by atoms with Crippen LogP contribution in [-0.4, -0.2) is 43.0 Å². The Morgan fingerprint density at radius 3 is 2.58 bits per heavy atom. The molecule has 43 heavy (non-hydrogen) atoms. The Morgan fingerprint density at radius 2 is 1.86 bits per heavy atom. The number of hydrazine groups is 1. The molecule has 0 spiro atoms. The molecule has 11 heteroatoms. The number of rotatable bonds is 11. The van der Waals surface area contributed by atoms with Gasteiger partial charge in [0.1, 0.15) is 5.75 Å². The van der Waals surface area contributed by atoms with Crippen LogP contribution in [0.1, 0.15) is 37.8 Å². The van der Waals surface area contributed by atoms with E-state index in [2.05, 4.69) is 21.0 Å². The second-order valence-electron chi connectivity index (χ2n) is 10.3. The van der Waals surface area contributed by atoms with Crippen LogP contribution in [0.15, 0.2) is 72.9 Å². The first-order valence-electron chi connectivity index (χ1n) is 14.3. The summed E-state index contributed by atoms with van der Waals surface area (Å²) in [6, 6.07) is 17.2. The molecule has 10 nitrogen and oxygen atoms in total. The standard InChI is InChI=1S/C32H35FN5O5/c1-3-26(22-7-5-4-6-8-22)36-32(39)38(40)37-23-9-10-29(25(33)17-23)43-28-13-16-35-27-19-31(30(41-2)18-24(27)28)42-20-21-11-14-34-15-12-21/h4-10,13,16-19,21,26,34,37H,3,11-12,14-15,20H2,1-2H3,(H,36,39)/q-1/t26-/m1/s1. The number of hydrogen-bond donors (Lipinski definition) is 3. The molecule has 4 aromatic rings. The van der Waals surface area contributed by atoms with Crippen LogP contribution in [0.4, 0.5) is 14.9 Å². The number of hydrogen-bond acceptors (Lipinski definition) is 8. The third kappa shape index (κ3) is 7.43. The van der Waals surface area contributed by atoms with Crippen molar-refractivity contribution in [1.82, 2.24) is 20.8 Å². The number of pyridine rings is 1. The van der Waals surface area contributed by atoms with Crippen molar-refractivity contribution in [3.8, 4) is 23.0 Å². The lowest BCUT2D eigenvalue weighted by atomic mass is 9.99. The first-order chi connectivity index (χ1) is 20.9. The highest BCUT2D eigenvalue weighted by molar-refractivity contribution is 5.88. The first-order valence-corrected chi connectivity index (χ1v) is 14.3. The van der Waals surface area contributed by atoms with Crippen molar-refractivity contribution in [2.24, 2.45) is 5.92 Å². The van der Waals surface area contributed by atoms with Crippen LogP contribution in [0, 0.1) is 16.9 Å². The lowest BCUT2D eigenvalue weighted by molar-refractivity contribution is 0.208. The summed E-state index contributed by atoms with van der Waals surface area (Å²) in [7, 11) is 1.56. The van der Waals surface area contributed by atoms with Crippen molar-refractivity contribution >= 4 is 22.6 Å². The SMILES string of the molecule is CC[C@@H](NC(=O)N([O-])Nc1ccc(Oc2ccnc3cc(OCC4CCNCC4)c(OC)cc23)c(F)c1)c1ccccc1. The van der Waals surface area contributed by atoms with Gasteiger partial charge in [-0.05, 0) is 68.1 Å². The van der Waals surface area contributed by atoms with Crippen LogP contribution in [0.5, 0.6) is 23.0 Å². The maximum atomic E-state index is 15.1. The van der Waals surface area contributed by atoms with Gasteiger partial charge in [0.15, 0.2) is 23.1 Å². The zero-order valence-electron chi connectivity index (χ0n) is 24.1. The lowest BCUT2D eigenvalue weighted by Gasteiger charge is -2.31. The average Bonchev–Trinajstić information content (AvgIpc) is 3.04. The number of anilines is 1. The van der Waals surface area contributed by atoms with Gasteiger partial charge in [-0.1, -0.05) is 37.3 Å². The van der Waals surface area contributed by atoms with Crippen LogP contribution in [0.2, 0.25) is 0 Å². The van der Waals surface area contributed by atoms with Gasteiger partial charge < -0.3 is 40.6 Å². The van der Waals surface area contributed by atoms with Crippen molar-refractivity contribution < 1.29 is 23.4 Å². The zero-order valence-corrected chi connectivity index (χ0v) is 24.1. The molecule has 1 fully saturated rings. The number of benzene rings is 3. The molecule has 0 bridgehead atoms. The minimum absolute atomic E-state index is 0.0361. The number of urea groups is 1. The summed E-state index contributed by atoms with van der Waals surface area (Å²) in [5.41, 5.74) is 3.93. The van der Waals surface area contributed by atoms with E-state index in [4.69, 9.17) is 14.2 Å². The second-order valence-corrected chi connectivity index (χ2v) is 10.3. The van der Waals surface area contributed by atoms with Crippen LogP contribution in [0.3, 0.4) is 0 Å². The fraction of sp³-hybridized carbons (Fsp3) is 0.312. The Kier molecular flexibility index (Phi) is 9.75. The van der Waals surface area contributed by atoms with Crippen molar-refractivity contribution in [3.63, 3.8) is 0 Å². The molecule has 1 saturated heterocycles. The summed E-state index contributed by atoms with van der Waals surface area (Å²) in [6.45, 7) is 4.45. The number of carbonyl (C=O) groups is 1. The predicted molar refractivity (Wildman–Crippen MR) is 163 cm³/mol. The summed E-state index contributed by atoms with van der Waals surface area (Å²) < 4.78 is 32.7. The molecule has 1 atom stereocenters. The van der Waals surface area contributed by atoms with Gasteiger partial charge in [0.2, 0.25) is 0 Å². The highest BCUT2D eigenvalue weighted by atomic mass is 19.1. The van der Waals surface area contributed by atoms with Crippen LogP contribution in [0.25, 0.3) is 10.9 Å². The average molecular weight is 589 g/mol. The molecule has 1 aliphatic heterocycles. The van der Waals surface area contributed by atoms with Crippen molar-refractivity contribution in [2.45, 2.75) is 32.2 Å². The highest BCUT2D eigenvalue weighted by Gasteiger charge is 2.18. The number of aromatic nitrogens is 1. The Morgan fingerprint density at radius 1 is 1.07 bits per heavy atom. The molecule has 1 aliphatic rings. The van der Waals surface area contributed by atoms with Gasteiger partial charge >= 0.3 is 6.03 Å². The third-order valence-electron chi connectivity index (χ3n) is 7.40. The molecular weight excluding hydrogens is 553 g/mol. The van der Waals surface area contributed by atoms with Gasteiger partial charge in [-0.15, -0.1) is 0 Å². The van der Waals surface area contributed by atoms with E-state index in [0.29, 0.717) is 47.1 Å². The van der Waals surface area contributed by atoms with Crippen LogP contribution < -0.4 is 30.3 Å². The minimum Gasteiger partial charge on any atom is -0.735 e. The number of ether oxygens (including phenoxy) is 3. The van der Waals surface area contributed by atoms with E-state index in [0.717, 1.165) is 37.6 Å². The topological polar surface area (TPSA) is 120 Å². The normalized spacial score (nSPS) is 14.1. The van der Waals surface area contributed by atoms with Gasteiger partial charge in [-0.2, -0.15) is 0 Å². The van der Waals surface area contributed by atoms with Gasteiger partial charge in [-0.25, -0.2) is 9.18 Å². The second kappa shape index (κ2) is 14.0. The molecule has 3 N–H and O–H groups in total. The molecule has 0 aliphatic carbocycles. The number of methoxy groups -OCH3 is 1. The number of nitrogens with one attached hydrogen (secondary N) is 3. The van der Waals surface area contributed by atoms with Gasteiger partial charge in [0, 0.05) is 23.7 Å². The summed E-state index contributed by atoms with van der Waals surface area (Å²) in [6.07, 6.45) is 4.27. The Bertz CT molecular complexity index is 1530. The molecule has 2 heterocycles. The molecule has 5 rings (SSSR count). The monoisotopic (exact) mass is 588 g/mol. The molecule has 3 aromatic carbocycles. The Balaban J connectivity index is 1.26. The fourth-order valence-corrected chi connectivity index (χ4v) is 5.00. The molecule has 2 amide bonds. The summed E-state index contributed by atoms with van der Waals surface area (Å²) in [4.78, 5) is 16.9. The van der Waals surface area contributed by atoms with E-state index in [1.165, 1.54) is 12.1 Å². The van der Waals surface area contributed by atoms with Crippen molar-refractivity contribution in [2.75, 3.05) is 32.2 Å². The summed E-state index contributed by atoms with van der Waals surface area (Å²) >= 11 is 0. The summed E-state index contributed by atoms with van der Waals surface area (Å²) in [5.74, 6) is 1.14. The number of amides is 2. The first kappa shape index (κ1) is 29.9. The number of piperidine rings is 1. The molecule has 1 aromatic heterocycles. The quantitative estimate of drug-likeness (QED) is 0.169. The van der Waals surface area contributed by atoms with Gasteiger partial charge in [-0.3, -0.25) is 4.98 Å². The maximum absolute atomic E-state index is 15.1. The van der Waals surface area contributed by atoms with E-state index in [-0.39, 0.29) is 22.7 Å². The van der Waals surface area contributed by atoms with E-state index in [1.807, 2.05) is 37.3 Å². The van der Waals surface area contributed by atoms with E-state index >= 15 is 4.39 Å². The van der Waals surface area contributed by atoms with Crippen LogP contribution >= 0.6 is 0 Å². The largest absolute Gasteiger partial charge is 0.735 e. The van der Waals surface area contributed by atoms with E-state index in [1.54, 1.807) is 31.5 Å². The summed E-state index contributed by atoms with van der Waals surface area (Å²) in [5, 5.41) is 19.1. The zero-order chi connectivity index (χ0) is 30.2. The number of halogens is 1. The van der Waals surface area contributed by atoms with Gasteiger partial charge in [0.05, 0.1) is 31.0 Å². The third-order valence-corrected chi connectivity index (χ3v) is 7.40.